The number of nitrogens with zero attached hydrogens (tertiary/aromatic N) is 2. The average Bonchev–Trinajstić information content (AvgIpc) is 3.46. The minimum Gasteiger partial charge on any atom is -0.495 e. The Morgan fingerprint density at radius 3 is 2.37 bits per heavy atom. The zero-order chi connectivity index (χ0) is 30.8. The van der Waals surface area contributed by atoms with Gasteiger partial charge in [0.25, 0.3) is 0 Å². The number of furan rings is 1. The van der Waals surface area contributed by atoms with Gasteiger partial charge >= 0.3 is 12.1 Å². The number of hydrogen-bond acceptors (Lipinski definition) is 6. The van der Waals surface area contributed by atoms with E-state index in [2.05, 4.69) is 4.98 Å². The summed E-state index contributed by atoms with van der Waals surface area (Å²) in [6.45, 7) is -0.708. The minimum atomic E-state index is -4.73. The van der Waals surface area contributed by atoms with Crippen molar-refractivity contribution >= 4 is 26.9 Å². The number of halogens is 3. The quantitative estimate of drug-likeness (QED) is 0.191. The highest BCUT2D eigenvalue weighted by molar-refractivity contribution is 7.89. The standard InChI is InChI=1S/C31H25F3N2O6S/c1-41-26-13-11-23-6-3-15-35-29(23)30(26)43(39,40)36(19-25-12-14-27(42-25)31(32,33)34)18-20-7-9-22(10-8-20)24-5-2-4-21(16-24)17-28(37)38/h2-16H,17-19H2,1H3,(H,37,38). The second-order valence-corrected chi connectivity index (χ2v) is 11.6. The van der Waals surface area contributed by atoms with E-state index in [-0.39, 0.29) is 34.9 Å². The van der Waals surface area contributed by atoms with Crippen molar-refractivity contribution in [2.75, 3.05) is 7.11 Å². The lowest BCUT2D eigenvalue weighted by molar-refractivity contribution is -0.153. The number of aromatic nitrogens is 1. The van der Waals surface area contributed by atoms with Gasteiger partial charge in [-0.3, -0.25) is 9.78 Å². The third-order valence-corrected chi connectivity index (χ3v) is 8.56. The normalized spacial score (nSPS) is 12.1. The zero-order valence-electron chi connectivity index (χ0n) is 22.7. The highest BCUT2D eigenvalue weighted by atomic mass is 32.2. The molecule has 0 saturated heterocycles. The molecule has 43 heavy (non-hydrogen) atoms. The highest BCUT2D eigenvalue weighted by Gasteiger charge is 2.36. The third-order valence-electron chi connectivity index (χ3n) is 6.71. The predicted molar refractivity (Wildman–Crippen MR) is 152 cm³/mol. The van der Waals surface area contributed by atoms with E-state index >= 15 is 0 Å². The molecule has 0 aliphatic heterocycles. The molecule has 2 heterocycles. The van der Waals surface area contributed by atoms with Crippen LogP contribution in [-0.4, -0.2) is 35.9 Å². The van der Waals surface area contributed by atoms with E-state index in [1.807, 2.05) is 6.07 Å². The van der Waals surface area contributed by atoms with Crippen molar-refractivity contribution < 1.29 is 40.6 Å². The van der Waals surface area contributed by atoms with Gasteiger partial charge in [0.15, 0.2) is 4.90 Å². The maximum Gasteiger partial charge on any atom is 0.449 e. The number of fused-ring (bicyclic) bond motifs is 1. The van der Waals surface area contributed by atoms with Crippen LogP contribution in [0.3, 0.4) is 0 Å². The largest absolute Gasteiger partial charge is 0.495 e. The Morgan fingerprint density at radius 1 is 0.930 bits per heavy atom. The van der Waals surface area contributed by atoms with Gasteiger partial charge in [-0.05, 0) is 52.6 Å². The molecule has 12 heteroatoms. The molecule has 5 rings (SSSR count). The van der Waals surface area contributed by atoms with Gasteiger partial charge in [-0.25, -0.2) is 8.42 Å². The van der Waals surface area contributed by atoms with E-state index in [1.165, 1.54) is 19.4 Å². The molecule has 0 radical (unpaired) electrons. The van der Waals surface area contributed by atoms with Crippen molar-refractivity contribution in [2.45, 2.75) is 30.6 Å². The first-order valence-electron chi connectivity index (χ1n) is 12.9. The van der Waals surface area contributed by atoms with Gasteiger partial charge in [0.05, 0.1) is 25.6 Å². The van der Waals surface area contributed by atoms with Crippen molar-refractivity contribution in [1.29, 1.82) is 0 Å². The number of pyridine rings is 1. The average molecular weight is 611 g/mol. The van der Waals surface area contributed by atoms with Gasteiger partial charge in [-0.1, -0.05) is 54.6 Å². The number of carboxylic acids is 1. The zero-order valence-corrected chi connectivity index (χ0v) is 23.5. The van der Waals surface area contributed by atoms with E-state index in [0.29, 0.717) is 16.5 Å². The molecule has 0 aliphatic rings. The van der Waals surface area contributed by atoms with E-state index in [1.54, 1.807) is 60.7 Å². The molecule has 0 fully saturated rings. The fourth-order valence-corrected chi connectivity index (χ4v) is 6.39. The van der Waals surface area contributed by atoms with Crippen LogP contribution in [0.1, 0.15) is 22.6 Å². The van der Waals surface area contributed by atoms with Crippen LogP contribution < -0.4 is 4.74 Å². The molecular formula is C31H25F3N2O6S. The van der Waals surface area contributed by atoms with E-state index in [9.17, 15) is 26.4 Å². The number of aliphatic carboxylic acids is 1. The van der Waals surface area contributed by atoms with Gasteiger partial charge in [-0.15, -0.1) is 0 Å². The summed E-state index contributed by atoms with van der Waals surface area (Å²) in [7, 11) is -3.10. The van der Waals surface area contributed by atoms with Crippen molar-refractivity contribution in [3.63, 3.8) is 0 Å². The molecule has 5 aromatic rings. The minimum absolute atomic E-state index is 0.0308. The van der Waals surface area contributed by atoms with Gasteiger partial charge in [-0.2, -0.15) is 17.5 Å². The number of ether oxygens (including phenoxy) is 1. The van der Waals surface area contributed by atoms with Crippen LogP contribution >= 0.6 is 0 Å². The van der Waals surface area contributed by atoms with E-state index in [4.69, 9.17) is 14.3 Å². The summed E-state index contributed by atoms with van der Waals surface area (Å²) >= 11 is 0. The summed E-state index contributed by atoms with van der Waals surface area (Å²) in [6.07, 6.45) is -3.42. The molecule has 0 bridgehead atoms. The number of sulfonamides is 1. The fraction of sp³-hybridized carbons (Fsp3) is 0.161. The fourth-order valence-electron chi connectivity index (χ4n) is 4.70. The Bertz CT molecular complexity index is 1890. The summed E-state index contributed by atoms with van der Waals surface area (Å²) in [5.74, 6) is -2.36. The molecule has 1 N–H and O–H groups in total. The Hall–Kier alpha value is -4.68. The molecule has 8 nitrogen and oxygen atoms in total. The number of benzene rings is 3. The van der Waals surface area contributed by atoms with E-state index in [0.717, 1.165) is 27.6 Å². The Balaban J connectivity index is 1.53. The molecule has 0 atom stereocenters. The Labute approximate surface area is 245 Å². The molecule has 3 aromatic carbocycles. The van der Waals surface area contributed by atoms with Crippen LogP contribution in [0.15, 0.2) is 100 Å². The van der Waals surface area contributed by atoms with Gasteiger partial charge in [0.2, 0.25) is 15.8 Å². The van der Waals surface area contributed by atoms with Gasteiger partial charge in [0.1, 0.15) is 11.5 Å². The van der Waals surface area contributed by atoms with Gasteiger partial charge in [0, 0.05) is 18.1 Å². The van der Waals surface area contributed by atoms with Crippen LogP contribution in [-0.2, 0) is 40.5 Å². The molecule has 0 aliphatic carbocycles. The first-order valence-corrected chi connectivity index (χ1v) is 14.4. The monoisotopic (exact) mass is 610 g/mol. The predicted octanol–water partition coefficient (Wildman–Crippen LogP) is 6.54. The second-order valence-electron chi connectivity index (χ2n) is 9.68. The van der Waals surface area contributed by atoms with E-state index < -0.39 is 34.5 Å². The molecular weight excluding hydrogens is 585 g/mol. The van der Waals surface area contributed by atoms with Crippen molar-refractivity contribution in [3.8, 4) is 16.9 Å². The Morgan fingerprint density at radius 2 is 1.70 bits per heavy atom. The lowest BCUT2D eigenvalue weighted by Crippen LogP contribution is -2.30. The molecule has 222 valence electrons. The molecule has 2 aromatic heterocycles. The molecule has 0 unspecified atom stereocenters. The smallest absolute Gasteiger partial charge is 0.449 e. The molecule has 0 saturated carbocycles. The molecule has 0 amide bonds. The topological polar surface area (TPSA) is 110 Å². The van der Waals surface area contributed by atoms with Crippen LogP contribution in [0, 0.1) is 0 Å². The lowest BCUT2D eigenvalue weighted by atomic mass is 10.0. The summed E-state index contributed by atoms with van der Waals surface area (Å²) in [5.41, 5.74) is 2.87. The summed E-state index contributed by atoms with van der Waals surface area (Å²) in [5, 5.41) is 9.64. The SMILES string of the molecule is COc1ccc2cccnc2c1S(=O)(=O)N(Cc1ccc(-c2cccc(CC(=O)O)c2)cc1)Cc1ccc(C(F)(F)F)o1. The summed E-state index contributed by atoms with van der Waals surface area (Å²) in [4.78, 5) is 15.2. The van der Waals surface area contributed by atoms with Crippen LogP contribution in [0.4, 0.5) is 13.2 Å². The van der Waals surface area contributed by atoms with Crippen LogP contribution in [0.5, 0.6) is 5.75 Å². The maximum absolute atomic E-state index is 14.2. The first kappa shape index (κ1) is 29.8. The number of alkyl halides is 3. The lowest BCUT2D eigenvalue weighted by Gasteiger charge is -2.23. The van der Waals surface area contributed by atoms with Crippen LogP contribution in [0.25, 0.3) is 22.0 Å². The first-order chi connectivity index (χ1) is 20.5. The number of carbonyl (C=O) groups is 1. The highest BCUT2D eigenvalue weighted by Crippen LogP contribution is 2.36. The van der Waals surface area contributed by atoms with Crippen molar-refractivity contribution in [2.24, 2.45) is 0 Å². The van der Waals surface area contributed by atoms with Crippen molar-refractivity contribution in [1.82, 2.24) is 9.29 Å². The number of methoxy groups -OCH3 is 1. The van der Waals surface area contributed by atoms with Gasteiger partial charge < -0.3 is 14.3 Å². The maximum atomic E-state index is 14.2. The second kappa shape index (κ2) is 11.9. The number of carboxylic acid groups (broad SMARTS) is 1. The van der Waals surface area contributed by atoms with Crippen LogP contribution in [0.2, 0.25) is 0 Å². The molecule has 0 spiro atoms. The third kappa shape index (κ3) is 6.55. The van der Waals surface area contributed by atoms with Crippen molar-refractivity contribution in [3.05, 3.63) is 114 Å². The number of rotatable bonds is 10. The summed E-state index contributed by atoms with van der Waals surface area (Å²) in [6, 6.07) is 22.3. The Kier molecular flexibility index (Phi) is 8.25. The number of hydrogen-bond donors (Lipinski definition) is 1. The summed E-state index contributed by atoms with van der Waals surface area (Å²) < 4.78 is 79.6.